The van der Waals surface area contributed by atoms with E-state index >= 15 is 0 Å². The van der Waals surface area contributed by atoms with Crippen molar-refractivity contribution in [1.29, 1.82) is 0 Å². The second-order valence-corrected chi connectivity index (χ2v) is 19.2. The van der Waals surface area contributed by atoms with Gasteiger partial charge in [-0.1, -0.05) is 29.3 Å². The summed E-state index contributed by atoms with van der Waals surface area (Å²) in [5, 5.41) is 41.3. The molecule has 0 spiro atoms. The summed E-state index contributed by atoms with van der Waals surface area (Å²) in [5.74, 6) is 0.470. The molecule has 2 aromatic heterocycles. The van der Waals surface area contributed by atoms with Crippen LogP contribution in [0.1, 0.15) is 24.0 Å². The molecule has 360 valence electrons. The zero-order valence-corrected chi connectivity index (χ0v) is 38.5. The number of nitrogens with zero attached hydrogens (tertiary/aromatic N) is 6. The molecular formula is C38H44N16O10S4. The summed E-state index contributed by atoms with van der Waals surface area (Å²) in [6.45, 7) is 1.66. The molecule has 4 aromatic carbocycles. The van der Waals surface area contributed by atoms with Crippen LogP contribution >= 0.6 is 12.0 Å². The molecule has 68 heavy (non-hydrogen) atoms. The van der Waals surface area contributed by atoms with Gasteiger partial charge in [0, 0.05) is 40.7 Å². The van der Waals surface area contributed by atoms with Gasteiger partial charge in [0.05, 0.1) is 21.8 Å². The van der Waals surface area contributed by atoms with Crippen molar-refractivity contribution in [2.75, 3.05) is 58.1 Å². The topological polar surface area (TPSA) is 415 Å². The normalized spacial score (nSPS) is 11.9. The first-order valence-corrected chi connectivity index (χ1v) is 25.0. The van der Waals surface area contributed by atoms with Crippen LogP contribution in [0.3, 0.4) is 0 Å². The Bertz CT molecular complexity index is 3080. The Kier molecular flexibility index (Phi) is 17.1. The number of hydrogen-bond donors (Lipinski definition) is 12. The predicted molar refractivity (Wildman–Crippen MR) is 255 cm³/mol. The van der Waals surface area contributed by atoms with E-state index in [4.69, 9.17) is 31.3 Å². The molecule has 0 bridgehead atoms. The van der Waals surface area contributed by atoms with E-state index in [2.05, 4.69) is 66.8 Å². The molecule has 0 fully saturated rings. The molecule has 0 radical (unpaired) electrons. The van der Waals surface area contributed by atoms with E-state index in [1.807, 2.05) is 0 Å². The van der Waals surface area contributed by atoms with Gasteiger partial charge < -0.3 is 43.4 Å². The average molecular weight is 1010 g/mol. The molecule has 0 unspecified atom stereocenters. The molecule has 16 N–H and O–H groups in total. The number of aromatic nitrogens is 6. The van der Waals surface area contributed by atoms with Gasteiger partial charge in [-0.3, -0.25) is 4.55 Å². The standard InChI is InChI=1S/C38H44N16O10S4/c39-17-1-19-43-33-49-35(45-25-9-13-29(14-10-25)66(41,56)57)53-37(51-33)47-27-7-5-23(31(21-27)65-64-63-55)3-4-24-6-8-28(22-32(24)68(60,61)62)48-38-52-34(44-20-2-18-40)50-36(54-38)46-26-11-15-30(16-12-26)67(42,58)59/h3-16,21-22,55H,1-2,17-20,39-40H2,(H2,41,56,57)(H2,42,58,59)(H,60,61,62)(H3,43,45,47,49,51,53)(H3,44,46,48,50,52,54)/b4-3+. The minimum atomic E-state index is -4.84. The maximum absolute atomic E-state index is 12.8. The van der Waals surface area contributed by atoms with Gasteiger partial charge in [-0.25, -0.2) is 32.4 Å². The third-order valence-corrected chi connectivity index (χ3v) is 12.3. The summed E-state index contributed by atoms with van der Waals surface area (Å²) in [6.07, 6.45) is 4.14. The molecule has 0 aliphatic rings. The summed E-state index contributed by atoms with van der Waals surface area (Å²) >= 11 is 0.608. The molecule has 30 heteroatoms. The van der Waals surface area contributed by atoms with Gasteiger partial charge in [0.15, 0.2) is 0 Å². The number of nitrogens with two attached hydrogens (primary N) is 4. The number of benzene rings is 4. The van der Waals surface area contributed by atoms with Crippen LogP contribution in [0.25, 0.3) is 12.2 Å². The third kappa shape index (κ3) is 14.9. The lowest BCUT2D eigenvalue weighted by Crippen LogP contribution is -2.13. The minimum Gasteiger partial charge on any atom is -0.354 e. The minimum absolute atomic E-state index is 0.0314. The second kappa shape index (κ2) is 22.9. The number of sulfonamides is 2. The Morgan fingerprint density at radius 1 is 0.544 bits per heavy atom. The molecule has 6 rings (SSSR count). The zero-order chi connectivity index (χ0) is 48.9. The first-order valence-electron chi connectivity index (χ1n) is 19.7. The average Bonchev–Trinajstić information content (AvgIpc) is 3.28. The lowest BCUT2D eigenvalue weighted by Gasteiger charge is -2.13. The molecular weight excluding hydrogens is 969 g/mol. The summed E-state index contributed by atoms with van der Waals surface area (Å²) in [7, 11) is -12.7. The number of rotatable bonds is 24. The van der Waals surface area contributed by atoms with Crippen LogP contribution in [0.2, 0.25) is 0 Å². The van der Waals surface area contributed by atoms with Crippen molar-refractivity contribution in [1.82, 2.24) is 29.9 Å². The first-order chi connectivity index (χ1) is 32.4. The van der Waals surface area contributed by atoms with Crippen molar-refractivity contribution in [3.05, 3.63) is 96.1 Å². The number of anilines is 10. The van der Waals surface area contributed by atoms with E-state index in [1.54, 1.807) is 18.2 Å². The van der Waals surface area contributed by atoms with Gasteiger partial charge in [0.25, 0.3) is 10.1 Å². The third-order valence-electron chi connectivity index (χ3n) is 8.89. The van der Waals surface area contributed by atoms with Crippen LogP contribution in [-0.4, -0.2) is 91.1 Å². The quantitative estimate of drug-likeness (QED) is 0.0103. The van der Waals surface area contributed by atoms with E-state index in [0.29, 0.717) is 78.6 Å². The van der Waals surface area contributed by atoms with Crippen molar-refractivity contribution >= 4 is 113 Å². The van der Waals surface area contributed by atoms with Crippen LogP contribution in [0.15, 0.2) is 105 Å². The Balaban J connectivity index is 1.25. The van der Waals surface area contributed by atoms with E-state index in [9.17, 15) is 29.8 Å². The summed E-state index contributed by atoms with van der Waals surface area (Å²) < 4.78 is 87.5. The van der Waals surface area contributed by atoms with Crippen molar-refractivity contribution in [2.45, 2.75) is 32.4 Å². The molecule has 26 nitrogen and oxygen atoms in total. The fourth-order valence-electron chi connectivity index (χ4n) is 5.74. The molecule has 0 saturated heterocycles. The Hall–Kier alpha value is -6.68. The summed E-state index contributed by atoms with van der Waals surface area (Å²) in [5.41, 5.74) is 13.2. The van der Waals surface area contributed by atoms with Gasteiger partial charge in [-0.15, -0.1) is 4.33 Å². The van der Waals surface area contributed by atoms with Gasteiger partial charge in [0.2, 0.25) is 55.7 Å². The van der Waals surface area contributed by atoms with Crippen LogP contribution in [0, 0.1) is 0 Å². The highest BCUT2D eigenvalue weighted by atomic mass is 32.2. The van der Waals surface area contributed by atoms with Crippen LogP contribution in [0.5, 0.6) is 0 Å². The van der Waals surface area contributed by atoms with Crippen LogP contribution < -0.4 is 53.6 Å². The molecule has 0 atom stereocenters. The number of hydrogen-bond acceptors (Lipinski definition) is 24. The van der Waals surface area contributed by atoms with E-state index in [-0.39, 0.29) is 56.7 Å². The number of primary sulfonamides is 2. The highest BCUT2D eigenvalue weighted by Crippen LogP contribution is 2.32. The largest absolute Gasteiger partial charge is 0.354 e. The maximum atomic E-state index is 12.8. The fourth-order valence-corrected chi connectivity index (χ4v) is 7.99. The number of nitrogens with one attached hydrogen (secondary N) is 6. The Labute approximate surface area is 393 Å². The highest BCUT2D eigenvalue weighted by Gasteiger charge is 2.18. The van der Waals surface area contributed by atoms with E-state index in [1.165, 1.54) is 78.9 Å². The van der Waals surface area contributed by atoms with Crippen LogP contribution in [-0.2, 0) is 39.5 Å². The zero-order valence-electron chi connectivity index (χ0n) is 35.3. The fraction of sp³-hybridized carbons (Fsp3) is 0.158. The lowest BCUT2D eigenvalue weighted by atomic mass is 10.1. The molecule has 0 amide bonds. The van der Waals surface area contributed by atoms with E-state index < -0.39 is 35.1 Å². The highest BCUT2D eigenvalue weighted by molar-refractivity contribution is 7.94. The predicted octanol–water partition coefficient (Wildman–Crippen LogP) is 3.69. The molecule has 0 aliphatic carbocycles. The first kappa shape index (κ1) is 50.7. The molecule has 6 aromatic rings. The van der Waals surface area contributed by atoms with Crippen molar-refractivity contribution < 1.29 is 44.4 Å². The second-order valence-electron chi connectivity index (χ2n) is 13.9. The Morgan fingerprint density at radius 2 is 0.926 bits per heavy atom. The van der Waals surface area contributed by atoms with Gasteiger partial charge in [0.1, 0.15) is 4.90 Å². The Morgan fingerprint density at radius 3 is 1.34 bits per heavy atom. The maximum Gasteiger partial charge on any atom is 0.295 e. The monoisotopic (exact) mass is 1010 g/mol. The molecule has 2 heterocycles. The molecule has 0 saturated carbocycles. The van der Waals surface area contributed by atoms with Crippen molar-refractivity contribution in [3.63, 3.8) is 0 Å². The smallest absolute Gasteiger partial charge is 0.295 e. The molecule has 0 aliphatic heterocycles. The SMILES string of the molecule is NCCCNc1nc(Nc2ccc(S(N)(=O)=O)cc2)nc(Nc2ccc(/C=C/c3ccc(Nc4nc(NCCCN)nc(Nc5ccc(S(N)(=O)=O)cc5)n4)cc3S(=O)(=O)O)c(SOOO)c2)n1. The van der Waals surface area contributed by atoms with E-state index in [0.717, 1.165) is 0 Å². The van der Waals surface area contributed by atoms with Crippen molar-refractivity contribution in [3.8, 4) is 0 Å². The summed E-state index contributed by atoms with van der Waals surface area (Å²) in [6, 6.07) is 20.1. The van der Waals surface area contributed by atoms with Crippen LogP contribution in [0.4, 0.5) is 58.4 Å². The van der Waals surface area contributed by atoms with Gasteiger partial charge >= 0.3 is 0 Å². The van der Waals surface area contributed by atoms with Crippen molar-refractivity contribution in [2.24, 2.45) is 21.7 Å². The van der Waals surface area contributed by atoms with Gasteiger partial charge in [-0.2, -0.15) is 38.3 Å². The summed E-state index contributed by atoms with van der Waals surface area (Å²) in [4.78, 5) is 26.0. The van der Waals surface area contributed by atoms with Gasteiger partial charge in [-0.05, 0) is 110 Å². The lowest BCUT2D eigenvalue weighted by molar-refractivity contribution is -0.432.